The van der Waals surface area contributed by atoms with Crippen LogP contribution in [0.5, 0.6) is 11.5 Å². The molecule has 0 amide bonds. The summed E-state index contributed by atoms with van der Waals surface area (Å²) in [5.74, 6) is 0.104. The Morgan fingerprint density at radius 1 is 1.14 bits per heavy atom. The number of aromatic nitrogens is 1. The van der Waals surface area contributed by atoms with Crippen molar-refractivity contribution < 1.29 is 14.2 Å². The van der Waals surface area contributed by atoms with Crippen LogP contribution in [0.25, 0.3) is 10.9 Å². The summed E-state index contributed by atoms with van der Waals surface area (Å²) in [7, 11) is 0. The molecule has 22 heavy (non-hydrogen) atoms. The fourth-order valence-electron chi connectivity index (χ4n) is 2.70. The number of halogens is 1. The average molecular weight is 299 g/mol. The maximum Gasteiger partial charge on any atom is 0.165 e. The lowest BCUT2D eigenvalue weighted by Crippen LogP contribution is -2.08. The number of phenolic OH excluding ortho intramolecular Hbond substituents is 1. The van der Waals surface area contributed by atoms with E-state index in [9.17, 15) is 9.50 Å². The van der Waals surface area contributed by atoms with Gasteiger partial charge in [0.1, 0.15) is 12.4 Å². The van der Waals surface area contributed by atoms with Crippen LogP contribution in [0, 0.1) is 5.82 Å². The van der Waals surface area contributed by atoms with Crippen molar-refractivity contribution in [2.45, 2.75) is 26.5 Å². The number of aromatic hydroxyl groups is 1. The number of ether oxygens (including phenoxy) is 1. The maximum atomic E-state index is 13.6. The smallest absolute Gasteiger partial charge is 0.165 e. The Kier molecular flexibility index (Phi) is 3.75. The number of phenols is 1. The predicted octanol–water partition coefficient (Wildman–Crippen LogP) is 4.65. The van der Waals surface area contributed by atoms with Gasteiger partial charge in [-0.1, -0.05) is 12.1 Å². The normalized spacial score (nSPS) is 11.3. The van der Waals surface area contributed by atoms with E-state index in [1.807, 2.05) is 12.1 Å². The monoisotopic (exact) mass is 299 g/mol. The third kappa shape index (κ3) is 2.64. The first-order valence-corrected chi connectivity index (χ1v) is 7.26. The molecule has 0 fully saturated rings. The lowest BCUT2D eigenvalue weighted by Gasteiger charge is -2.15. The van der Waals surface area contributed by atoms with E-state index >= 15 is 0 Å². The van der Waals surface area contributed by atoms with Gasteiger partial charge in [-0.3, -0.25) is 0 Å². The van der Waals surface area contributed by atoms with Crippen LogP contribution in [0.2, 0.25) is 0 Å². The van der Waals surface area contributed by atoms with E-state index in [4.69, 9.17) is 4.74 Å². The Hall–Kier alpha value is -2.49. The Labute approximate surface area is 128 Å². The highest BCUT2D eigenvalue weighted by atomic mass is 19.1. The van der Waals surface area contributed by atoms with E-state index in [1.165, 1.54) is 6.07 Å². The summed E-state index contributed by atoms with van der Waals surface area (Å²) in [5.41, 5.74) is 1.89. The van der Waals surface area contributed by atoms with Gasteiger partial charge in [-0.05, 0) is 44.2 Å². The Morgan fingerprint density at radius 2 is 1.91 bits per heavy atom. The van der Waals surface area contributed by atoms with Crippen molar-refractivity contribution in [3.63, 3.8) is 0 Å². The number of hydrogen-bond acceptors (Lipinski definition) is 2. The summed E-state index contributed by atoms with van der Waals surface area (Å²) in [6, 6.07) is 13.9. The van der Waals surface area contributed by atoms with Gasteiger partial charge in [-0.25, -0.2) is 4.39 Å². The molecule has 0 radical (unpaired) electrons. The molecule has 0 aliphatic rings. The minimum absolute atomic E-state index is 0.207. The quantitative estimate of drug-likeness (QED) is 0.761. The lowest BCUT2D eigenvalue weighted by molar-refractivity contribution is 0.279. The van der Waals surface area contributed by atoms with Crippen LogP contribution in [-0.4, -0.2) is 9.67 Å². The van der Waals surface area contributed by atoms with Gasteiger partial charge in [0.2, 0.25) is 0 Å². The Balaban J connectivity index is 1.96. The Morgan fingerprint density at radius 3 is 2.64 bits per heavy atom. The molecule has 0 saturated carbocycles. The van der Waals surface area contributed by atoms with Gasteiger partial charge in [0.05, 0.1) is 11.2 Å². The molecule has 1 heterocycles. The summed E-state index contributed by atoms with van der Waals surface area (Å²) in [5, 5.41) is 10.7. The molecule has 0 aliphatic carbocycles. The van der Waals surface area contributed by atoms with Crippen LogP contribution in [0.1, 0.15) is 25.6 Å². The van der Waals surface area contributed by atoms with Crippen molar-refractivity contribution in [3.8, 4) is 11.5 Å². The minimum Gasteiger partial charge on any atom is -0.508 e. The van der Waals surface area contributed by atoms with E-state index in [2.05, 4.69) is 18.4 Å². The maximum absolute atomic E-state index is 13.6. The molecule has 0 atom stereocenters. The summed E-state index contributed by atoms with van der Waals surface area (Å²) in [6.45, 7) is 4.40. The topological polar surface area (TPSA) is 34.4 Å². The minimum atomic E-state index is -0.368. The highest BCUT2D eigenvalue weighted by Crippen LogP contribution is 2.28. The fourth-order valence-corrected chi connectivity index (χ4v) is 2.70. The zero-order valence-electron chi connectivity index (χ0n) is 12.6. The molecule has 0 spiro atoms. The second kappa shape index (κ2) is 5.72. The van der Waals surface area contributed by atoms with Crippen molar-refractivity contribution in [1.29, 1.82) is 0 Å². The SMILES string of the molecule is CC(C)n1c(COc2ccccc2F)cc2ccc(O)cc21. The standard InChI is InChI=1S/C18H18FNO2/c1-12(2)20-14(9-13-7-8-15(21)10-17(13)20)11-22-18-6-4-3-5-16(18)19/h3-10,12,21H,11H2,1-2H3. The molecule has 1 N–H and O–H groups in total. The van der Waals surface area contributed by atoms with Crippen LogP contribution < -0.4 is 4.74 Å². The Bertz CT molecular complexity index is 808. The zero-order valence-corrected chi connectivity index (χ0v) is 12.6. The molecule has 3 rings (SSSR count). The highest BCUT2D eigenvalue weighted by Gasteiger charge is 2.13. The van der Waals surface area contributed by atoms with E-state index in [0.717, 1.165) is 16.6 Å². The van der Waals surface area contributed by atoms with E-state index in [1.54, 1.807) is 30.3 Å². The number of benzene rings is 2. The molecule has 1 aromatic heterocycles. The van der Waals surface area contributed by atoms with Crippen LogP contribution in [0.3, 0.4) is 0 Å². The van der Waals surface area contributed by atoms with Gasteiger partial charge < -0.3 is 14.4 Å². The second-order valence-corrected chi connectivity index (χ2v) is 5.56. The molecule has 3 nitrogen and oxygen atoms in total. The first kappa shape index (κ1) is 14.4. The molecular formula is C18H18FNO2. The zero-order chi connectivity index (χ0) is 15.7. The molecular weight excluding hydrogens is 281 g/mol. The summed E-state index contributed by atoms with van der Waals surface area (Å²) < 4.78 is 21.4. The van der Waals surface area contributed by atoms with Crippen LogP contribution in [0.15, 0.2) is 48.5 Å². The molecule has 0 saturated heterocycles. The summed E-state index contributed by atoms with van der Waals surface area (Å²) >= 11 is 0. The number of para-hydroxylation sites is 1. The molecule has 0 bridgehead atoms. The lowest BCUT2D eigenvalue weighted by atomic mass is 10.2. The molecule has 0 unspecified atom stereocenters. The first-order valence-electron chi connectivity index (χ1n) is 7.26. The van der Waals surface area contributed by atoms with Crippen molar-refractivity contribution >= 4 is 10.9 Å². The van der Waals surface area contributed by atoms with Crippen molar-refractivity contribution in [3.05, 3.63) is 60.0 Å². The van der Waals surface area contributed by atoms with Gasteiger partial charge in [-0.15, -0.1) is 0 Å². The van der Waals surface area contributed by atoms with E-state index in [-0.39, 0.29) is 30.0 Å². The molecule has 114 valence electrons. The largest absolute Gasteiger partial charge is 0.508 e. The van der Waals surface area contributed by atoms with Crippen LogP contribution >= 0.6 is 0 Å². The van der Waals surface area contributed by atoms with Crippen LogP contribution in [-0.2, 0) is 6.61 Å². The van der Waals surface area contributed by atoms with E-state index in [0.29, 0.717) is 0 Å². The predicted molar refractivity (Wildman–Crippen MR) is 84.7 cm³/mol. The number of hydrogen-bond donors (Lipinski definition) is 1. The van der Waals surface area contributed by atoms with Gasteiger partial charge in [-0.2, -0.15) is 0 Å². The summed E-state index contributed by atoms with van der Waals surface area (Å²) in [6.07, 6.45) is 0. The summed E-state index contributed by atoms with van der Waals surface area (Å²) in [4.78, 5) is 0. The number of nitrogens with zero attached hydrogens (tertiary/aromatic N) is 1. The van der Waals surface area contributed by atoms with Crippen LogP contribution in [0.4, 0.5) is 4.39 Å². The van der Waals surface area contributed by atoms with Crippen molar-refractivity contribution in [2.24, 2.45) is 0 Å². The number of fused-ring (bicyclic) bond motifs is 1. The molecule has 4 heteroatoms. The second-order valence-electron chi connectivity index (χ2n) is 5.56. The third-order valence-electron chi connectivity index (χ3n) is 3.63. The molecule has 0 aliphatic heterocycles. The van der Waals surface area contributed by atoms with Gasteiger partial charge >= 0.3 is 0 Å². The molecule has 3 aromatic rings. The number of rotatable bonds is 4. The van der Waals surface area contributed by atoms with Crippen molar-refractivity contribution in [1.82, 2.24) is 4.57 Å². The third-order valence-corrected chi connectivity index (χ3v) is 3.63. The fraction of sp³-hybridized carbons (Fsp3) is 0.222. The first-order chi connectivity index (χ1) is 10.6. The van der Waals surface area contributed by atoms with Gasteiger partial charge in [0.15, 0.2) is 11.6 Å². The van der Waals surface area contributed by atoms with Crippen molar-refractivity contribution in [2.75, 3.05) is 0 Å². The van der Waals surface area contributed by atoms with Gasteiger partial charge in [0.25, 0.3) is 0 Å². The molecule has 2 aromatic carbocycles. The van der Waals surface area contributed by atoms with E-state index < -0.39 is 0 Å². The highest BCUT2D eigenvalue weighted by molar-refractivity contribution is 5.82. The van der Waals surface area contributed by atoms with Gasteiger partial charge in [0, 0.05) is 17.5 Å². The average Bonchev–Trinajstić information content (AvgIpc) is 2.84.